The second kappa shape index (κ2) is 4.67. The number of fused-ring (bicyclic) bond motifs is 3. The van der Waals surface area contributed by atoms with E-state index in [1.165, 1.54) is 5.56 Å². The van der Waals surface area contributed by atoms with Gasteiger partial charge < -0.3 is 9.32 Å². The fraction of sp³-hybridized carbons (Fsp3) is 0.235. The van der Waals surface area contributed by atoms with E-state index >= 15 is 0 Å². The standard InChI is InChI=1S/C17H18N2O/c1-5-19(11(2)3)15-12(4)8-9-13-14-7-6-10-18-17(14)20-16(13)15/h5-11H,1H2,2-4H3. The molecule has 3 rings (SSSR count). The first-order valence-corrected chi connectivity index (χ1v) is 6.81. The Morgan fingerprint density at radius 3 is 2.75 bits per heavy atom. The van der Waals surface area contributed by atoms with Crippen LogP contribution in [0.4, 0.5) is 5.69 Å². The van der Waals surface area contributed by atoms with Crippen molar-refractivity contribution in [2.45, 2.75) is 26.8 Å². The lowest BCUT2D eigenvalue weighted by molar-refractivity contribution is 0.649. The van der Waals surface area contributed by atoms with Gasteiger partial charge in [0.25, 0.3) is 0 Å². The minimum atomic E-state index is 0.318. The first kappa shape index (κ1) is 12.7. The molecule has 2 aromatic heterocycles. The number of hydrogen-bond donors (Lipinski definition) is 0. The van der Waals surface area contributed by atoms with E-state index < -0.39 is 0 Å². The molecule has 102 valence electrons. The molecule has 0 atom stereocenters. The van der Waals surface area contributed by atoms with E-state index in [4.69, 9.17) is 4.42 Å². The van der Waals surface area contributed by atoms with Gasteiger partial charge in [-0.1, -0.05) is 18.7 Å². The van der Waals surface area contributed by atoms with Gasteiger partial charge in [0, 0.05) is 23.0 Å². The van der Waals surface area contributed by atoms with Gasteiger partial charge in [-0.05, 0) is 44.7 Å². The van der Waals surface area contributed by atoms with E-state index in [0.717, 1.165) is 22.0 Å². The molecule has 0 amide bonds. The van der Waals surface area contributed by atoms with Crippen LogP contribution in [-0.4, -0.2) is 11.0 Å². The van der Waals surface area contributed by atoms with Crippen molar-refractivity contribution in [3.8, 4) is 0 Å². The fourth-order valence-corrected chi connectivity index (χ4v) is 2.64. The Hall–Kier alpha value is -2.29. The van der Waals surface area contributed by atoms with Crippen LogP contribution >= 0.6 is 0 Å². The minimum absolute atomic E-state index is 0.318. The summed E-state index contributed by atoms with van der Waals surface area (Å²) in [7, 11) is 0. The summed E-state index contributed by atoms with van der Waals surface area (Å²) in [6, 6.07) is 8.52. The van der Waals surface area contributed by atoms with Gasteiger partial charge in [-0.2, -0.15) is 0 Å². The van der Waals surface area contributed by atoms with Crippen LogP contribution in [0.3, 0.4) is 0 Å². The molecule has 3 nitrogen and oxygen atoms in total. The molecule has 3 heteroatoms. The van der Waals surface area contributed by atoms with E-state index in [9.17, 15) is 0 Å². The van der Waals surface area contributed by atoms with Gasteiger partial charge in [0.15, 0.2) is 5.58 Å². The highest BCUT2D eigenvalue weighted by Gasteiger charge is 2.18. The van der Waals surface area contributed by atoms with Gasteiger partial charge in [0.05, 0.1) is 5.69 Å². The van der Waals surface area contributed by atoms with Crippen LogP contribution in [0.15, 0.2) is 47.7 Å². The van der Waals surface area contributed by atoms with Crippen molar-refractivity contribution in [1.82, 2.24) is 4.98 Å². The number of anilines is 1. The van der Waals surface area contributed by atoms with E-state index in [1.807, 2.05) is 18.3 Å². The number of aryl methyl sites for hydroxylation is 1. The van der Waals surface area contributed by atoms with Gasteiger partial charge in [-0.3, -0.25) is 0 Å². The molecule has 0 bridgehead atoms. The number of benzene rings is 1. The Bertz CT molecular complexity index is 786. The van der Waals surface area contributed by atoms with E-state index in [0.29, 0.717) is 11.8 Å². The van der Waals surface area contributed by atoms with Crippen LogP contribution in [0, 0.1) is 6.92 Å². The van der Waals surface area contributed by atoms with Crippen molar-refractivity contribution >= 4 is 27.8 Å². The second-order valence-corrected chi connectivity index (χ2v) is 5.25. The molecule has 0 aliphatic heterocycles. The summed E-state index contributed by atoms with van der Waals surface area (Å²) in [5.41, 5.74) is 3.81. The zero-order chi connectivity index (χ0) is 14.3. The lowest BCUT2D eigenvalue weighted by atomic mass is 10.1. The molecule has 0 fully saturated rings. The molecule has 0 saturated carbocycles. The lowest BCUT2D eigenvalue weighted by Gasteiger charge is -2.26. The molecule has 2 heterocycles. The molecule has 0 radical (unpaired) electrons. The number of nitrogens with zero attached hydrogens (tertiary/aromatic N) is 2. The Kier molecular flexibility index (Phi) is 2.97. The average Bonchev–Trinajstić information content (AvgIpc) is 2.80. The smallest absolute Gasteiger partial charge is 0.227 e. The van der Waals surface area contributed by atoms with Crippen LogP contribution < -0.4 is 4.90 Å². The molecule has 0 aliphatic rings. The highest BCUT2D eigenvalue weighted by atomic mass is 16.3. The zero-order valence-electron chi connectivity index (χ0n) is 12.1. The second-order valence-electron chi connectivity index (χ2n) is 5.25. The number of aromatic nitrogens is 1. The third kappa shape index (κ3) is 1.78. The van der Waals surface area contributed by atoms with Gasteiger partial charge in [0.2, 0.25) is 5.71 Å². The molecular formula is C17H18N2O. The summed E-state index contributed by atoms with van der Waals surface area (Å²) in [6.07, 6.45) is 3.61. The van der Waals surface area contributed by atoms with Gasteiger partial charge in [0.1, 0.15) is 0 Å². The Morgan fingerprint density at radius 2 is 2.05 bits per heavy atom. The van der Waals surface area contributed by atoms with Crippen LogP contribution in [0.2, 0.25) is 0 Å². The number of furan rings is 1. The van der Waals surface area contributed by atoms with Gasteiger partial charge in [-0.15, -0.1) is 0 Å². The Morgan fingerprint density at radius 1 is 1.25 bits per heavy atom. The van der Waals surface area contributed by atoms with E-state index in [1.54, 1.807) is 6.20 Å². The summed E-state index contributed by atoms with van der Waals surface area (Å²) in [6.45, 7) is 10.3. The lowest BCUT2D eigenvalue weighted by Crippen LogP contribution is -2.25. The quantitative estimate of drug-likeness (QED) is 0.691. The summed E-state index contributed by atoms with van der Waals surface area (Å²) in [5, 5.41) is 2.15. The summed E-state index contributed by atoms with van der Waals surface area (Å²) in [4.78, 5) is 6.45. The average molecular weight is 266 g/mol. The number of hydrogen-bond acceptors (Lipinski definition) is 3. The highest BCUT2D eigenvalue weighted by molar-refractivity contribution is 6.08. The van der Waals surface area contributed by atoms with Crippen LogP contribution in [-0.2, 0) is 0 Å². The van der Waals surface area contributed by atoms with E-state index in [2.05, 4.69) is 49.4 Å². The van der Waals surface area contributed by atoms with Crippen LogP contribution in [0.5, 0.6) is 0 Å². The molecule has 0 saturated heterocycles. The van der Waals surface area contributed by atoms with Crippen LogP contribution in [0.1, 0.15) is 19.4 Å². The fourth-order valence-electron chi connectivity index (χ4n) is 2.64. The molecule has 0 aliphatic carbocycles. The summed E-state index contributed by atoms with van der Waals surface area (Å²) < 4.78 is 6.00. The van der Waals surface area contributed by atoms with Gasteiger partial charge >= 0.3 is 0 Å². The van der Waals surface area contributed by atoms with Gasteiger partial charge in [-0.25, -0.2) is 4.98 Å². The molecule has 20 heavy (non-hydrogen) atoms. The third-order valence-corrected chi connectivity index (χ3v) is 3.60. The monoisotopic (exact) mass is 266 g/mol. The third-order valence-electron chi connectivity index (χ3n) is 3.60. The molecule has 3 aromatic rings. The summed E-state index contributed by atoms with van der Waals surface area (Å²) in [5.74, 6) is 0. The molecule has 1 aromatic carbocycles. The van der Waals surface area contributed by atoms with Crippen molar-refractivity contribution in [3.05, 3.63) is 48.8 Å². The molecular weight excluding hydrogens is 248 g/mol. The van der Waals surface area contributed by atoms with Crippen molar-refractivity contribution in [2.24, 2.45) is 0 Å². The highest BCUT2D eigenvalue weighted by Crippen LogP contribution is 2.37. The summed E-state index contributed by atoms with van der Waals surface area (Å²) >= 11 is 0. The molecule has 0 N–H and O–H groups in total. The van der Waals surface area contributed by atoms with E-state index in [-0.39, 0.29) is 0 Å². The molecule has 0 spiro atoms. The number of rotatable bonds is 3. The van der Waals surface area contributed by atoms with Crippen LogP contribution in [0.25, 0.3) is 22.1 Å². The normalized spacial score (nSPS) is 11.4. The largest absolute Gasteiger partial charge is 0.435 e. The first-order chi connectivity index (χ1) is 9.63. The number of pyridine rings is 1. The predicted molar refractivity (Wildman–Crippen MR) is 84.1 cm³/mol. The Balaban J connectivity index is 2.40. The first-order valence-electron chi connectivity index (χ1n) is 6.81. The van der Waals surface area contributed by atoms with Crippen molar-refractivity contribution in [3.63, 3.8) is 0 Å². The maximum Gasteiger partial charge on any atom is 0.227 e. The topological polar surface area (TPSA) is 29.3 Å². The minimum Gasteiger partial charge on any atom is -0.435 e. The Labute approximate surface area is 118 Å². The van der Waals surface area contributed by atoms with Crippen molar-refractivity contribution in [2.75, 3.05) is 4.90 Å². The predicted octanol–water partition coefficient (Wildman–Crippen LogP) is 4.65. The maximum absolute atomic E-state index is 6.00. The molecule has 0 unspecified atom stereocenters. The van der Waals surface area contributed by atoms with Crippen molar-refractivity contribution < 1.29 is 4.42 Å². The zero-order valence-corrected chi connectivity index (χ0v) is 12.1. The maximum atomic E-state index is 6.00. The van der Waals surface area contributed by atoms with Crippen molar-refractivity contribution in [1.29, 1.82) is 0 Å². The SMILES string of the molecule is C=CN(c1c(C)ccc2c1oc1ncccc12)C(C)C.